The van der Waals surface area contributed by atoms with Gasteiger partial charge in [0.15, 0.2) is 0 Å². The molecule has 2 aliphatic rings. The van der Waals surface area contributed by atoms with Crippen LogP contribution in [0.15, 0.2) is 47.9 Å². The summed E-state index contributed by atoms with van der Waals surface area (Å²) in [5.41, 5.74) is 4.88. The molecule has 30 heavy (non-hydrogen) atoms. The molecule has 3 N–H and O–H groups in total. The van der Waals surface area contributed by atoms with E-state index in [0.29, 0.717) is 23.6 Å². The first-order valence-corrected chi connectivity index (χ1v) is 10.9. The molecule has 1 aromatic carbocycles. The summed E-state index contributed by atoms with van der Waals surface area (Å²) in [6, 6.07) is 8.12. The molecule has 1 aliphatic carbocycles. The molecule has 2 aromatic heterocycles. The summed E-state index contributed by atoms with van der Waals surface area (Å²) in [6.07, 6.45) is 6.02. The van der Waals surface area contributed by atoms with Crippen LogP contribution in [0.5, 0.6) is 0 Å². The zero-order chi connectivity index (χ0) is 20.7. The second kappa shape index (κ2) is 7.60. The lowest BCUT2D eigenvalue weighted by molar-refractivity contribution is -0.116. The predicted molar refractivity (Wildman–Crippen MR) is 120 cm³/mol. The molecule has 3 heterocycles. The lowest BCUT2D eigenvalue weighted by Gasteiger charge is -2.26. The van der Waals surface area contributed by atoms with Gasteiger partial charge in [-0.2, -0.15) is 0 Å². The molecule has 0 unspecified atom stereocenters. The zero-order valence-electron chi connectivity index (χ0n) is 16.6. The first-order chi connectivity index (χ1) is 14.6. The van der Waals surface area contributed by atoms with Crippen molar-refractivity contribution in [3.63, 3.8) is 0 Å². The highest BCUT2D eigenvalue weighted by molar-refractivity contribution is 8.04. The van der Waals surface area contributed by atoms with Gasteiger partial charge in [-0.1, -0.05) is 24.3 Å². The summed E-state index contributed by atoms with van der Waals surface area (Å²) in [5.74, 6) is 1.48. The number of hydrogen-bond acceptors (Lipinski definition) is 6. The fourth-order valence-electron chi connectivity index (χ4n) is 4.17. The van der Waals surface area contributed by atoms with Crippen molar-refractivity contribution >= 4 is 40.2 Å². The molecule has 7 nitrogen and oxygen atoms in total. The molecular formula is C22H22N6OS. The molecule has 152 valence electrons. The van der Waals surface area contributed by atoms with Crippen LogP contribution < -0.4 is 10.2 Å². The Bertz CT molecular complexity index is 1180. The van der Waals surface area contributed by atoms with E-state index in [1.165, 1.54) is 5.56 Å². The number of nitrogens with zero attached hydrogens (tertiary/aromatic N) is 3. The molecule has 0 radical (unpaired) electrons. The van der Waals surface area contributed by atoms with Gasteiger partial charge in [-0.15, -0.1) is 11.8 Å². The van der Waals surface area contributed by atoms with E-state index in [9.17, 15) is 4.79 Å². The second-order valence-electron chi connectivity index (χ2n) is 7.59. The number of nitrogens with one attached hydrogen (secondary N) is 3. The van der Waals surface area contributed by atoms with E-state index in [4.69, 9.17) is 5.41 Å². The van der Waals surface area contributed by atoms with E-state index < -0.39 is 0 Å². The number of benzene rings is 1. The van der Waals surface area contributed by atoms with Crippen molar-refractivity contribution in [2.24, 2.45) is 0 Å². The maximum absolute atomic E-state index is 12.9. The van der Waals surface area contributed by atoms with Crippen LogP contribution in [0.3, 0.4) is 0 Å². The standard InChI is InChI=1S/C22H22N6OS/c1-13-9-24-20-19(13)21(27-12-26-20)28-6-7-30-18(11-28)22(29)25-10-16-15-5-3-2-4-14(15)8-17(16)23/h2-5,9,11-12,16,23H,6-8,10H2,1H3,(H,25,29)(H,24,26,27)/t16-/m1/s1. The van der Waals surface area contributed by atoms with Crippen LogP contribution >= 0.6 is 11.8 Å². The molecule has 0 saturated heterocycles. The Morgan fingerprint density at radius 3 is 3.13 bits per heavy atom. The van der Waals surface area contributed by atoms with Gasteiger partial charge in [0.2, 0.25) is 0 Å². The van der Waals surface area contributed by atoms with Gasteiger partial charge in [-0.25, -0.2) is 9.97 Å². The van der Waals surface area contributed by atoms with E-state index in [1.807, 2.05) is 36.4 Å². The number of fused-ring (bicyclic) bond motifs is 2. The van der Waals surface area contributed by atoms with Gasteiger partial charge in [0.25, 0.3) is 5.91 Å². The van der Waals surface area contributed by atoms with Crippen LogP contribution in [0.25, 0.3) is 11.0 Å². The number of hydrogen-bond donors (Lipinski definition) is 3. The van der Waals surface area contributed by atoms with E-state index in [-0.39, 0.29) is 11.8 Å². The molecule has 0 spiro atoms. The Kier molecular flexibility index (Phi) is 4.78. The quantitative estimate of drug-likeness (QED) is 0.605. The maximum atomic E-state index is 12.9. The highest BCUT2D eigenvalue weighted by Gasteiger charge is 2.28. The fraction of sp³-hybridized carbons (Fsp3) is 0.273. The second-order valence-corrected chi connectivity index (χ2v) is 8.73. The molecular weight excluding hydrogens is 396 g/mol. The molecule has 5 rings (SSSR count). The van der Waals surface area contributed by atoms with Crippen molar-refractivity contribution in [2.75, 3.05) is 23.7 Å². The minimum atomic E-state index is -0.0991. The Hall–Kier alpha value is -3.13. The third kappa shape index (κ3) is 3.27. The number of amides is 1. The molecule has 0 fully saturated rings. The van der Waals surface area contributed by atoms with Crippen LogP contribution in [0, 0.1) is 12.3 Å². The summed E-state index contributed by atoms with van der Waals surface area (Å²) in [5, 5.41) is 12.3. The largest absolute Gasteiger partial charge is 0.351 e. The highest BCUT2D eigenvalue weighted by Crippen LogP contribution is 2.32. The summed E-state index contributed by atoms with van der Waals surface area (Å²) in [7, 11) is 0. The van der Waals surface area contributed by atoms with Crippen LogP contribution in [0.2, 0.25) is 0 Å². The van der Waals surface area contributed by atoms with Crippen molar-refractivity contribution in [1.82, 2.24) is 20.3 Å². The molecule has 1 aliphatic heterocycles. The van der Waals surface area contributed by atoms with E-state index in [0.717, 1.165) is 40.3 Å². The van der Waals surface area contributed by atoms with Crippen LogP contribution in [0.4, 0.5) is 5.82 Å². The summed E-state index contributed by atoms with van der Waals surface area (Å²) in [6.45, 7) is 3.25. The minimum Gasteiger partial charge on any atom is -0.351 e. The highest BCUT2D eigenvalue weighted by atomic mass is 32.2. The number of aromatic amines is 1. The number of rotatable bonds is 4. The number of aryl methyl sites for hydroxylation is 1. The lowest BCUT2D eigenvalue weighted by atomic mass is 10.0. The third-order valence-electron chi connectivity index (χ3n) is 5.70. The normalized spacial score (nSPS) is 18.4. The van der Waals surface area contributed by atoms with Gasteiger partial charge in [0.1, 0.15) is 17.8 Å². The average molecular weight is 419 g/mol. The van der Waals surface area contributed by atoms with Crippen molar-refractivity contribution in [3.05, 3.63) is 64.6 Å². The number of H-pyrrole nitrogens is 1. The third-order valence-corrected chi connectivity index (χ3v) is 6.69. The lowest BCUT2D eigenvalue weighted by Crippen LogP contribution is -2.33. The Balaban J connectivity index is 1.34. The van der Waals surface area contributed by atoms with Gasteiger partial charge in [0, 0.05) is 49.3 Å². The summed E-state index contributed by atoms with van der Waals surface area (Å²) < 4.78 is 0. The van der Waals surface area contributed by atoms with Crippen LogP contribution in [-0.2, 0) is 11.2 Å². The molecule has 8 heteroatoms. The fourth-order valence-corrected chi connectivity index (χ4v) is 5.08. The molecule has 1 atom stereocenters. The van der Waals surface area contributed by atoms with Gasteiger partial charge in [-0.3, -0.25) is 4.79 Å². The Morgan fingerprint density at radius 2 is 2.23 bits per heavy atom. The van der Waals surface area contributed by atoms with Gasteiger partial charge >= 0.3 is 0 Å². The van der Waals surface area contributed by atoms with Crippen molar-refractivity contribution < 1.29 is 4.79 Å². The summed E-state index contributed by atoms with van der Waals surface area (Å²) in [4.78, 5) is 27.5. The van der Waals surface area contributed by atoms with Crippen molar-refractivity contribution in [2.45, 2.75) is 19.3 Å². The Morgan fingerprint density at radius 1 is 1.37 bits per heavy atom. The SMILES string of the molecule is Cc1c[nH]c2ncnc(N3C=C(C(=O)NC[C@H]4C(=N)Cc5ccccc54)SCC3)c12. The van der Waals surface area contributed by atoms with E-state index in [2.05, 4.69) is 32.4 Å². The minimum absolute atomic E-state index is 0.0422. The number of anilines is 1. The van der Waals surface area contributed by atoms with Gasteiger partial charge < -0.3 is 20.6 Å². The van der Waals surface area contributed by atoms with E-state index in [1.54, 1.807) is 18.1 Å². The maximum Gasteiger partial charge on any atom is 0.259 e. The first kappa shape index (κ1) is 18.9. The molecule has 3 aromatic rings. The van der Waals surface area contributed by atoms with Crippen LogP contribution in [0.1, 0.15) is 22.6 Å². The molecule has 0 bridgehead atoms. The van der Waals surface area contributed by atoms with Gasteiger partial charge in [0.05, 0.1) is 10.3 Å². The number of carbonyl (C=O) groups excluding carboxylic acids is 1. The smallest absolute Gasteiger partial charge is 0.259 e. The number of thioether (sulfide) groups is 1. The van der Waals surface area contributed by atoms with E-state index >= 15 is 0 Å². The average Bonchev–Trinajstić information content (AvgIpc) is 3.31. The zero-order valence-corrected chi connectivity index (χ0v) is 17.4. The topological polar surface area (TPSA) is 97.8 Å². The number of carbonyl (C=O) groups is 1. The van der Waals surface area contributed by atoms with Crippen molar-refractivity contribution in [1.29, 1.82) is 5.41 Å². The predicted octanol–water partition coefficient (Wildman–Crippen LogP) is 3.14. The van der Waals surface area contributed by atoms with Crippen molar-refractivity contribution in [3.8, 4) is 0 Å². The first-order valence-electron chi connectivity index (χ1n) is 9.95. The van der Waals surface area contributed by atoms with Gasteiger partial charge in [-0.05, 0) is 23.6 Å². The monoisotopic (exact) mass is 418 g/mol. The summed E-state index contributed by atoms with van der Waals surface area (Å²) >= 11 is 1.55. The Labute approximate surface area is 178 Å². The van der Waals surface area contributed by atoms with Crippen LogP contribution in [-0.4, -0.2) is 45.4 Å². The number of aromatic nitrogens is 3. The molecule has 1 amide bonds. The molecule has 0 saturated carbocycles.